The van der Waals surface area contributed by atoms with E-state index in [1.807, 2.05) is 0 Å². The third kappa shape index (κ3) is 6.26. The molecule has 1 unspecified atom stereocenters. The monoisotopic (exact) mass is 296 g/mol. The van der Waals surface area contributed by atoms with Crippen LogP contribution < -0.4 is 0 Å². The molecular weight excluding hydrogens is 272 g/mol. The van der Waals surface area contributed by atoms with Gasteiger partial charge in [-0.25, -0.2) is 0 Å². The first-order chi connectivity index (χ1) is 8.24. The molecule has 0 N–H and O–H groups in total. The van der Waals surface area contributed by atoms with Crippen LogP contribution >= 0.6 is 15.9 Å². The summed E-state index contributed by atoms with van der Waals surface area (Å²) in [7, 11) is 0. The molecule has 0 spiro atoms. The lowest BCUT2D eigenvalue weighted by Gasteiger charge is -2.11. The highest BCUT2D eigenvalue weighted by atomic mass is 79.9. The molecule has 0 aliphatic heterocycles. The maximum atomic E-state index is 3.82. The van der Waals surface area contributed by atoms with Gasteiger partial charge in [0.05, 0.1) is 0 Å². The van der Waals surface area contributed by atoms with Crippen LogP contribution in [0.4, 0.5) is 0 Å². The first-order valence-electron chi connectivity index (χ1n) is 6.92. The Bertz CT molecular complexity index is 306. The Morgan fingerprint density at radius 2 is 1.76 bits per heavy atom. The number of aryl methyl sites for hydroxylation is 1. The van der Waals surface area contributed by atoms with Gasteiger partial charge < -0.3 is 0 Å². The highest BCUT2D eigenvalue weighted by Gasteiger charge is 2.06. The SMILES string of the molecule is CCCCCCCC(Br)Cc1ccccc1C. The van der Waals surface area contributed by atoms with E-state index in [1.165, 1.54) is 56.1 Å². The summed E-state index contributed by atoms with van der Waals surface area (Å²) in [4.78, 5) is 0.644. The Morgan fingerprint density at radius 3 is 2.47 bits per heavy atom. The van der Waals surface area contributed by atoms with Crippen LogP contribution in [0.3, 0.4) is 0 Å². The predicted octanol–water partition coefficient (Wildman–Crippen LogP) is 5.66. The number of hydrogen-bond acceptors (Lipinski definition) is 0. The molecule has 0 saturated heterocycles. The van der Waals surface area contributed by atoms with Gasteiger partial charge in [-0.2, -0.15) is 0 Å². The summed E-state index contributed by atoms with van der Waals surface area (Å²) >= 11 is 3.82. The van der Waals surface area contributed by atoms with Crippen LogP contribution in [0.25, 0.3) is 0 Å². The van der Waals surface area contributed by atoms with Crippen LogP contribution in [0.15, 0.2) is 24.3 Å². The van der Waals surface area contributed by atoms with E-state index in [0.717, 1.165) is 0 Å². The average Bonchev–Trinajstić information content (AvgIpc) is 2.32. The van der Waals surface area contributed by atoms with Crippen molar-refractivity contribution in [1.29, 1.82) is 0 Å². The Balaban J connectivity index is 2.21. The summed E-state index contributed by atoms with van der Waals surface area (Å²) < 4.78 is 0. The van der Waals surface area contributed by atoms with Crippen LogP contribution in [-0.4, -0.2) is 4.83 Å². The minimum Gasteiger partial charge on any atom is -0.0887 e. The first-order valence-corrected chi connectivity index (χ1v) is 7.84. The first kappa shape index (κ1) is 14.8. The quantitative estimate of drug-likeness (QED) is 0.429. The van der Waals surface area contributed by atoms with Gasteiger partial charge in [-0.05, 0) is 30.9 Å². The standard InChI is InChI=1S/C16H25Br/c1-3-4-5-6-7-12-16(17)13-15-11-9-8-10-14(15)2/h8-11,16H,3-7,12-13H2,1-2H3. The molecule has 0 aromatic heterocycles. The third-order valence-electron chi connectivity index (χ3n) is 3.32. The van der Waals surface area contributed by atoms with Gasteiger partial charge in [0, 0.05) is 4.83 Å². The molecule has 96 valence electrons. The summed E-state index contributed by atoms with van der Waals surface area (Å²) in [6.45, 7) is 4.47. The van der Waals surface area contributed by atoms with Crippen LogP contribution in [0, 0.1) is 6.92 Å². The van der Waals surface area contributed by atoms with E-state index >= 15 is 0 Å². The number of rotatable bonds is 8. The molecule has 1 aromatic carbocycles. The summed E-state index contributed by atoms with van der Waals surface area (Å²) in [6, 6.07) is 8.72. The van der Waals surface area contributed by atoms with Crippen molar-refractivity contribution in [2.24, 2.45) is 0 Å². The lowest BCUT2D eigenvalue weighted by Crippen LogP contribution is -2.04. The average molecular weight is 297 g/mol. The van der Waals surface area contributed by atoms with E-state index in [0.29, 0.717) is 4.83 Å². The minimum absolute atomic E-state index is 0.644. The van der Waals surface area contributed by atoms with E-state index in [1.54, 1.807) is 0 Å². The number of unbranched alkanes of at least 4 members (excludes halogenated alkanes) is 4. The molecular formula is C16H25Br. The summed E-state index contributed by atoms with van der Waals surface area (Å²) in [5, 5.41) is 0. The second-order valence-corrected chi connectivity index (χ2v) is 6.23. The van der Waals surface area contributed by atoms with Crippen LogP contribution in [0.5, 0.6) is 0 Å². The molecule has 0 aliphatic rings. The fraction of sp³-hybridized carbons (Fsp3) is 0.625. The van der Waals surface area contributed by atoms with Gasteiger partial charge in [0.15, 0.2) is 0 Å². The molecule has 0 saturated carbocycles. The zero-order valence-corrected chi connectivity index (χ0v) is 12.8. The van der Waals surface area contributed by atoms with E-state index in [9.17, 15) is 0 Å². The second-order valence-electron chi connectivity index (χ2n) is 4.93. The maximum Gasteiger partial charge on any atom is 0.0186 e. The molecule has 1 atom stereocenters. The Hall–Kier alpha value is -0.300. The normalized spacial score (nSPS) is 12.6. The van der Waals surface area contributed by atoms with Crippen molar-refractivity contribution in [3.63, 3.8) is 0 Å². The van der Waals surface area contributed by atoms with E-state index in [-0.39, 0.29) is 0 Å². The van der Waals surface area contributed by atoms with Crippen molar-refractivity contribution >= 4 is 15.9 Å². The lowest BCUT2D eigenvalue weighted by atomic mass is 10.0. The summed E-state index contributed by atoms with van der Waals surface area (Å²) in [5.74, 6) is 0. The van der Waals surface area contributed by atoms with Gasteiger partial charge in [0.25, 0.3) is 0 Å². The molecule has 1 heteroatoms. The topological polar surface area (TPSA) is 0 Å². The molecule has 0 aliphatic carbocycles. The summed E-state index contributed by atoms with van der Waals surface area (Å²) in [5.41, 5.74) is 2.91. The van der Waals surface area contributed by atoms with Crippen molar-refractivity contribution in [3.8, 4) is 0 Å². The minimum atomic E-state index is 0.644. The largest absolute Gasteiger partial charge is 0.0887 e. The van der Waals surface area contributed by atoms with Gasteiger partial charge in [-0.1, -0.05) is 79.2 Å². The molecule has 0 radical (unpaired) electrons. The zero-order chi connectivity index (χ0) is 12.5. The van der Waals surface area contributed by atoms with Crippen molar-refractivity contribution < 1.29 is 0 Å². The van der Waals surface area contributed by atoms with Crippen molar-refractivity contribution in [2.45, 2.75) is 63.6 Å². The number of halogens is 1. The molecule has 0 fully saturated rings. The Morgan fingerprint density at radius 1 is 1.06 bits per heavy atom. The second kappa shape index (κ2) is 8.74. The van der Waals surface area contributed by atoms with Crippen molar-refractivity contribution in [1.82, 2.24) is 0 Å². The van der Waals surface area contributed by atoms with E-state index in [2.05, 4.69) is 54.0 Å². The lowest BCUT2D eigenvalue weighted by molar-refractivity contribution is 0.598. The smallest absolute Gasteiger partial charge is 0.0186 e. The van der Waals surface area contributed by atoms with Gasteiger partial charge in [-0.15, -0.1) is 0 Å². The summed E-state index contributed by atoms with van der Waals surface area (Å²) in [6.07, 6.45) is 9.36. The highest BCUT2D eigenvalue weighted by Crippen LogP contribution is 2.19. The van der Waals surface area contributed by atoms with Crippen LogP contribution in [0.2, 0.25) is 0 Å². The molecule has 0 amide bonds. The van der Waals surface area contributed by atoms with Crippen molar-refractivity contribution in [3.05, 3.63) is 35.4 Å². The van der Waals surface area contributed by atoms with E-state index in [4.69, 9.17) is 0 Å². The fourth-order valence-corrected chi connectivity index (χ4v) is 2.82. The maximum absolute atomic E-state index is 3.82. The predicted molar refractivity (Wildman–Crippen MR) is 81.0 cm³/mol. The molecule has 1 aromatic rings. The molecule has 17 heavy (non-hydrogen) atoms. The Kier molecular flexibility index (Phi) is 7.59. The van der Waals surface area contributed by atoms with Gasteiger partial charge >= 0.3 is 0 Å². The fourth-order valence-electron chi connectivity index (χ4n) is 2.15. The zero-order valence-electron chi connectivity index (χ0n) is 11.2. The number of hydrogen-bond donors (Lipinski definition) is 0. The van der Waals surface area contributed by atoms with Crippen LogP contribution in [0.1, 0.15) is 56.6 Å². The number of alkyl halides is 1. The van der Waals surface area contributed by atoms with Gasteiger partial charge in [0.1, 0.15) is 0 Å². The van der Waals surface area contributed by atoms with Crippen molar-refractivity contribution in [2.75, 3.05) is 0 Å². The molecule has 1 rings (SSSR count). The Labute approximate surface area is 115 Å². The van der Waals surface area contributed by atoms with Gasteiger partial charge in [-0.3, -0.25) is 0 Å². The molecule has 0 bridgehead atoms. The van der Waals surface area contributed by atoms with E-state index < -0.39 is 0 Å². The van der Waals surface area contributed by atoms with Crippen LogP contribution in [-0.2, 0) is 6.42 Å². The third-order valence-corrected chi connectivity index (χ3v) is 4.11. The molecule has 0 heterocycles. The van der Waals surface area contributed by atoms with Gasteiger partial charge in [0.2, 0.25) is 0 Å². The number of benzene rings is 1. The highest BCUT2D eigenvalue weighted by molar-refractivity contribution is 9.09. The molecule has 0 nitrogen and oxygen atoms in total.